The zero-order chi connectivity index (χ0) is 12.5. The second-order valence-electron chi connectivity index (χ2n) is 4.08. The summed E-state index contributed by atoms with van der Waals surface area (Å²) in [5, 5.41) is 7.80. The molecule has 6 heteroatoms. The van der Waals surface area contributed by atoms with Crippen molar-refractivity contribution in [3.63, 3.8) is 0 Å². The Balaban J connectivity index is 1.78. The first-order valence-corrected chi connectivity index (χ1v) is 6.42. The van der Waals surface area contributed by atoms with Gasteiger partial charge in [-0.3, -0.25) is 0 Å². The first-order chi connectivity index (χ1) is 8.70. The van der Waals surface area contributed by atoms with Gasteiger partial charge in [-0.25, -0.2) is 4.98 Å². The fourth-order valence-electron chi connectivity index (χ4n) is 1.67. The molecule has 0 amide bonds. The van der Waals surface area contributed by atoms with Gasteiger partial charge in [0.25, 0.3) is 0 Å². The lowest BCUT2D eigenvalue weighted by molar-refractivity contribution is 0.379. The molecule has 0 spiro atoms. The first-order valence-electron chi connectivity index (χ1n) is 5.61. The summed E-state index contributed by atoms with van der Waals surface area (Å²) in [5.41, 5.74) is 2.25. The molecule has 5 nitrogen and oxygen atoms in total. The number of nitrogens with one attached hydrogen (secondary N) is 1. The molecule has 0 unspecified atom stereocenters. The number of hydrogen-bond acceptors (Lipinski definition) is 6. The van der Waals surface area contributed by atoms with Crippen molar-refractivity contribution in [2.45, 2.75) is 20.4 Å². The van der Waals surface area contributed by atoms with Gasteiger partial charge < -0.3 is 9.84 Å². The number of fused-ring (bicyclic) bond motifs is 1. The predicted octanol–water partition coefficient (Wildman–Crippen LogP) is 2.91. The summed E-state index contributed by atoms with van der Waals surface area (Å²) in [6.45, 7) is 4.38. The van der Waals surface area contributed by atoms with E-state index in [0.717, 1.165) is 10.6 Å². The molecule has 2 aromatic heterocycles. The van der Waals surface area contributed by atoms with Crippen LogP contribution < -0.4 is 5.32 Å². The summed E-state index contributed by atoms with van der Waals surface area (Å²) in [6.07, 6.45) is 0. The van der Waals surface area contributed by atoms with Crippen LogP contribution in [0.15, 0.2) is 22.7 Å². The number of aromatic nitrogens is 3. The van der Waals surface area contributed by atoms with Gasteiger partial charge in [0.1, 0.15) is 0 Å². The molecular formula is C12H12N4OS. The van der Waals surface area contributed by atoms with E-state index in [0.29, 0.717) is 18.3 Å². The van der Waals surface area contributed by atoms with E-state index >= 15 is 0 Å². The standard InChI is InChI=1S/C12H12N4OS/c1-7-3-4-9-10(5-7)18-12(15-9)13-6-11-14-8(2)16-17-11/h3-5H,6H2,1-2H3,(H,13,15). The van der Waals surface area contributed by atoms with Crippen molar-refractivity contribution < 1.29 is 4.52 Å². The van der Waals surface area contributed by atoms with Gasteiger partial charge in [0.05, 0.1) is 16.8 Å². The Bertz CT molecular complexity index is 688. The second-order valence-corrected chi connectivity index (χ2v) is 5.11. The van der Waals surface area contributed by atoms with Crippen LogP contribution in [0.5, 0.6) is 0 Å². The highest BCUT2D eigenvalue weighted by molar-refractivity contribution is 7.22. The summed E-state index contributed by atoms with van der Waals surface area (Å²) in [6, 6.07) is 6.23. The average Bonchev–Trinajstić information content (AvgIpc) is 2.92. The number of rotatable bonds is 3. The Morgan fingerprint density at radius 3 is 2.94 bits per heavy atom. The van der Waals surface area contributed by atoms with E-state index in [1.165, 1.54) is 10.3 Å². The average molecular weight is 260 g/mol. The van der Waals surface area contributed by atoms with Gasteiger partial charge in [-0.1, -0.05) is 22.6 Å². The van der Waals surface area contributed by atoms with E-state index < -0.39 is 0 Å². The van der Waals surface area contributed by atoms with Gasteiger partial charge in [-0.2, -0.15) is 4.98 Å². The van der Waals surface area contributed by atoms with Crippen molar-refractivity contribution in [1.82, 2.24) is 15.1 Å². The third-order valence-electron chi connectivity index (χ3n) is 2.50. The molecule has 0 fully saturated rings. The van der Waals surface area contributed by atoms with Gasteiger partial charge in [0.2, 0.25) is 5.89 Å². The maximum absolute atomic E-state index is 5.03. The van der Waals surface area contributed by atoms with Crippen LogP contribution in [0.3, 0.4) is 0 Å². The Morgan fingerprint density at radius 2 is 2.17 bits per heavy atom. The number of hydrogen-bond donors (Lipinski definition) is 1. The number of benzene rings is 1. The molecule has 0 aliphatic carbocycles. The van der Waals surface area contributed by atoms with Gasteiger partial charge in [0.15, 0.2) is 11.0 Å². The Labute approximate surface area is 108 Å². The highest BCUT2D eigenvalue weighted by Gasteiger charge is 2.06. The van der Waals surface area contributed by atoms with Gasteiger partial charge in [0, 0.05) is 0 Å². The largest absolute Gasteiger partial charge is 0.352 e. The third kappa shape index (κ3) is 2.19. The lowest BCUT2D eigenvalue weighted by Gasteiger charge is -1.95. The van der Waals surface area contributed by atoms with Crippen LogP contribution >= 0.6 is 11.3 Å². The van der Waals surface area contributed by atoms with E-state index in [4.69, 9.17) is 4.52 Å². The molecule has 2 heterocycles. The lowest BCUT2D eigenvalue weighted by atomic mass is 10.2. The van der Waals surface area contributed by atoms with Crippen LogP contribution in [0.1, 0.15) is 17.3 Å². The predicted molar refractivity (Wildman–Crippen MR) is 70.7 cm³/mol. The monoisotopic (exact) mass is 260 g/mol. The van der Waals surface area contributed by atoms with Gasteiger partial charge in [-0.05, 0) is 31.5 Å². The molecule has 0 radical (unpaired) electrons. The van der Waals surface area contributed by atoms with Crippen molar-refractivity contribution >= 4 is 26.7 Å². The van der Waals surface area contributed by atoms with Crippen LogP contribution in [0, 0.1) is 13.8 Å². The summed E-state index contributed by atoms with van der Waals surface area (Å²) < 4.78 is 6.21. The van der Waals surface area contributed by atoms with E-state index in [1.54, 1.807) is 18.3 Å². The molecule has 92 valence electrons. The smallest absolute Gasteiger partial charge is 0.246 e. The topological polar surface area (TPSA) is 63.8 Å². The molecule has 0 atom stereocenters. The van der Waals surface area contributed by atoms with Crippen LogP contribution in [-0.2, 0) is 6.54 Å². The normalized spacial score (nSPS) is 11.0. The van der Waals surface area contributed by atoms with Crippen molar-refractivity contribution in [3.8, 4) is 0 Å². The number of nitrogens with zero attached hydrogens (tertiary/aromatic N) is 3. The molecule has 3 rings (SSSR count). The summed E-state index contributed by atoms with van der Waals surface area (Å²) >= 11 is 1.63. The summed E-state index contributed by atoms with van der Waals surface area (Å²) in [4.78, 5) is 8.62. The Kier molecular flexibility index (Phi) is 2.71. The van der Waals surface area contributed by atoms with Crippen LogP contribution in [-0.4, -0.2) is 15.1 Å². The molecule has 18 heavy (non-hydrogen) atoms. The molecule has 0 aliphatic heterocycles. The molecule has 1 aromatic carbocycles. The lowest BCUT2D eigenvalue weighted by Crippen LogP contribution is -1.98. The first kappa shape index (κ1) is 11.2. The SMILES string of the molecule is Cc1ccc2nc(NCc3nc(C)no3)sc2c1. The van der Waals surface area contributed by atoms with E-state index in [9.17, 15) is 0 Å². The molecular weight excluding hydrogens is 248 g/mol. The Hall–Kier alpha value is -1.95. The molecule has 1 N–H and O–H groups in total. The number of anilines is 1. The minimum absolute atomic E-state index is 0.500. The molecule has 0 saturated heterocycles. The minimum Gasteiger partial charge on any atom is -0.352 e. The van der Waals surface area contributed by atoms with E-state index in [1.807, 2.05) is 6.07 Å². The zero-order valence-corrected chi connectivity index (χ0v) is 10.9. The maximum Gasteiger partial charge on any atom is 0.246 e. The van der Waals surface area contributed by atoms with Crippen molar-refractivity contribution in [2.24, 2.45) is 0 Å². The fourth-order valence-corrected chi connectivity index (χ4v) is 2.63. The minimum atomic E-state index is 0.500. The van der Waals surface area contributed by atoms with Gasteiger partial charge >= 0.3 is 0 Å². The number of thiazole rings is 1. The zero-order valence-electron chi connectivity index (χ0n) is 10.1. The third-order valence-corrected chi connectivity index (χ3v) is 3.48. The summed E-state index contributed by atoms with van der Waals surface area (Å²) in [7, 11) is 0. The molecule has 0 bridgehead atoms. The van der Waals surface area contributed by atoms with Crippen molar-refractivity contribution in [2.75, 3.05) is 5.32 Å². The molecule has 3 aromatic rings. The fraction of sp³-hybridized carbons (Fsp3) is 0.250. The highest BCUT2D eigenvalue weighted by Crippen LogP contribution is 2.26. The highest BCUT2D eigenvalue weighted by atomic mass is 32.1. The van der Waals surface area contributed by atoms with Crippen LogP contribution in [0.4, 0.5) is 5.13 Å². The van der Waals surface area contributed by atoms with Crippen LogP contribution in [0.25, 0.3) is 10.2 Å². The molecule has 0 aliphatic rings. The van der Waals surface area contributed by atoms with Crippen molar-refractivity contribution in [3.05, 3.63) is 35.5 Å². The van der Waals surface area contributed by atoms with E-state index in [2.05, 4.69) is 39.5 Å². The molecule has 0 saturated carbocycles. The Morgan fingerprint density at radius 1 is 1.28 bits per heavy atom. The summed E-state index contributed by atoms with van der Waals surface area (Å²) in [5.74, 6) is 1.22. The van der Waals surface area contributed by atoms with E-state index in [-0.39, 0.29) is 0 Å². The van der Waals surface area contributed by atoms with Crippen LogP contribution in [0.2, 0.25) is 0 Å². The van der Waals surface area contributed by atoms with Crippen molar-refractivity contribution in [1.29, 1.82) is 0 Å². The maximum atomic E-state index is 5.03. The second kappa shape index (κ2) is 4.38. The quantitative estimate of drug-likeness (QED) is 0.784. The number of aryl methyl sites for hydroxylation is 2. The van der Waals surface area contributed by atoms with Gasteiger partial charge in [-0.15, -0.1) is 0 Å².